The molecule has 0 spiro atoms. The Labute approximate surface area is 135 Å². The van der Waals surface area contributed by atoms with Gasteiger partial charge in [0.1, 0.15) is 0 Å². The summed E-state index contributed by atoms with van der Waals surface area (Å²) >= 11 is 0. The number of rotatable bonds is 3. The van der Waals surface area contributed by atoms with Crippen molar-refractivity contribution < 1.29 is 9.59 Å². The Hall–Kier alpha value is -2.82. The number of hydrogen-bond acceptors (Lipinski definition) is 2. The molecule has 1 unspecified atom stereocenters. The fourth-order valence-electron chi connectivity index (χ4n) is 2.72. The molecule has 1 atom stereocenters. The highest BCUT2D eigenvalue weighted by Crippen LogP contribution is 2.21. The molecule has 1 heterocycles. The number of nitrogens with one attached hydrogen (secondary N) is 2. The van der Waals surface area contributed by atoms with Gasteiger partial charge in [-0.1, -0.05) is 36.4 Å². The third kappa shape index (κ3) is 3.51. The Morgan fingerprint density at radius 1 is 1.09 bits per heavy atom. The fourth-order valence-corrected chi connectivity index (χ4v) is 2.72. The van der Waals surface area contributed by atoms with E-state index in [9.17, 15) is 9.59 Å². The van der Waals surface area contributed by atoms with Gasteiger partial charge in [-0.25, -0.2) is 4.79 Å². The predicted molar refractivity (Wildman–Crippen MR) is 90.5 cm³/mol. The second kappa shape index (κ2) is 6.52. The van der Waals surface area contributed by atoms with Crippen molar-refractivity contribution in [2.45, 2.75) is 19.4 Å². The third-order valence-corrected chi connectivity index (χ3v) is 3.92. The number of carbonyl (C=O) groups is 2. The topological polar surface area (TPSA) is 61.4 Å². The Kier molecular flexibility index (Phi) is 4.28. The molecule has 5 nitrogen and oxygen atoms in total. The molecule has 1 aliphatic rings. The van der Waals surface area contributed by atoms with Gasteiger partial charge in [0, 0.05) is 24.3 Å². The zero-order valence-electron chi connectivity index (χ0n) is 13.0. The van der Waals surface area contributed by atoms with Gasteiger partial charge in [-0.2, -0.15) is 0 Å². The summed E-state index contributed by atoms with van der Waals surface area (Å²) in [7, 11) is 0. The summed E-state index contributed by atoms with van der Waals surface area (Å²) in [6.45, 7) is 2.43. The number of urea groups is 1. The molecule has 3 amide bonds. The second-order valence-electron chi connectivity index (χ2n) is 5.65. The molecule has 0 aliphatic carbocycles. The Morgan fingerprint density at radius 2 is 1.78 bits per heavy atom. The summed E-state index contributed by atoms with van der Waals surface area (Å²) in [5.41, 5.74) is 2.63. The van der Waals surface area contributed by atoms with Crippen molar-refractivity contribution in [2.75, 3.05) is 16.8 Å². The van der Waals surface area contributed by atoms with Crippen LogP contribution in [0.3, 0.4) is 0 Å². The van der Waals surface area contributed by atoms with Gasteiger partial charge in [-0.3, -0.25) is 4.79 Å². The number of para-hydroxylation sites is 2. The number of carbonyl (C=O) groups excluding carboxylic acids is 2. The highest BCUT2D eigenvalue weighted by Gasteiger charge is 2.31. The van der Waals surface area contributed by atoms with Crippen molar-refractivity contribution in [1.82, 2.24) is 5.32 Å². The highest BCUT2D eigenvalue weighted by molar-refractivity contribution is 5.97. The van der Waals surface area contributed by atoms with Crippen LogP contribution in [0.4, 0.5) is 16.2 Å². The predicted octanol–water partition coefficient (Wildman–Crippen LogP) is 2.92. The summed E-state index contributed by atoms with van der Waals surface area (Å²) in [6.07, 6.45) is 0.316. The summed E-state index contributed by atoms with van der Waals surface area (Å²) in [4.78, 5) is 26.0. The minimum atomic E-state index is -0.285. The number of benzene rings is 2. The molecule has 1 saturated heterocycles. The van der Waals surface area contributed by atoms with Crippen LogP contribution in [-0.2, 0) is 4.79 Å². The monoisotopic (exact) mass is 309 g/mol. The highest BCUT2D eigenvalue weighted by atomic mass is 16.2. The van der Waals surface area contributed by atoms with Gasteiger partial charge in [0.15, 0.2) is 0 Å². The molecule has 5 heteroatoms. The minimum absolute atomic E-state index is 0.0254. The van der Waals surface area contributed by atoms with Crippen molar-refractivity contribution >= 4 is 23.3 Å². The first-order chi connectivity index (χ1) is 11.1. The maximum absolute atomic E-state index is 12.1. The van der Waals surface area contributed by atoms with Gasteiger partial charge < -0.3 is 15.5 Å². The summed E-state index contributed by atoms with van der Waals surface area (Å²) in [5, 5.41) is 5.70. The van der Waals surface area contributed by atoms with Crippen LogP contribution in [-0.4, -0.2) is 24.5 Å². The first kappa shape index (κ1) is 15.1. The maximum Gasteiger partial charge on any atom is 0.319 e. The second-order valence-corrected chi connectivity index (χ2v) is 5.65. The molecular weight excluding hydrogens is 290 g/mol. The van der Waals surface area contributed by atoms with Crippen molar-refractivity contribution in [3.63, 3.8) is 0 Å². The lowest BCUT2D eigenvalue weighted by Gasteiger charge is -2.17. The average Bonchev–Trinajstić information content (AvgIpc) is 2.91. The molecule has 118 valence electrons. The lowest BCUT2D eigenvalue weighted by atomic mass is 10.2. The van der Waals surface area contributed by atoms with Gasteiger partial charge in [0.05, 0.1) is 6.04 Å². The van der Waals surface area contributed by atoms with E-state index in [-0.39, 0.29) is 18.0 Å². The maximum atomic E-state index is 12.1. The quantitative estimate of drug-likeness (QED) is 0.916. The van der Waals surface area contributed by atoms with Crippen LogP contribution >= 0.6 is 0 Å². The molecule has 23 heavy (non-hydrogen) atoms. The summed E-state index contributed by atoms with van der Waals surface area (Å²) < 4.78 is 0. The molecule has 0 saturated carbocycles. The Balaban J connectivity index is 1.60. The van der Waals surface area contributed by atoms with Crippen LogP contribution in [0.5, 0.6) is 0 Å². The van der Waals surface area contributed by atoms with Gasteiger partial charge >= 0.3 is 6.03 Å². The molecule has 2 aromatic carbocycles. The van der Waals surface area contributed by atoms with Crippen molar-refractivity contribution in [1.29, 1.82) is 0 Å². The molecule has 3 rings (SSSR count). The van der Waals surface area contributed by atoms with E-state index < -0.39 is 0 Å². The average molecular weight is 309 g/mol. The lowest BCUT2D eigenvalue weighted by molar-refractivity contribution is -0.117. The van der Waals surface area contributed by atoms with E-state index in [0.717, 1.165) is 16.9 Å². The van der Waals surface area contributed by atoms with E-state index in [1.54, 1.807) is 4.90 Å². The number of nitrogens with zero attached hydrogens (tertiary/aromatic N) is 1. The van der Waals surface area contributed by atoms with E-state index in [0.29, 0.717) is 13.0 Å². The summed E-state index contributed by atoms with van der Waals surface area (Å²) in [6, 6.07) is 16.6. The van der Waals surface area contributed by atoms with E-state index >= 15 is 0 Å². The molecule has 1 fully saturated rings. The van der Waals surface area contributed by atoms with Crippen molar-refractivity contribution in [3.05, 3.63) is 60.2 Å². The normalized spacial score (nSPS) is 17.2. The molecule has 0 radical (unpaired) electrons. The zero-order valence-corrected chi connectivity index (χ0v) is 13.0. The van der Waals surface area contributed by atoms with Crippen LogP contribution in [0.2, 0.25) is 0 Å². The van der Waals surface area contributed by atoms with E-state index in [4.69, 9.17) is 0 Å². The molecule has 2 N–H and O–H groups in total. The smallest absolute Gasteiger partial charge is 0.319 e. The molecule has 1 aliphatic heterocycles. The minimum Gasteiger partial charge on any atom is -0.333 e. The van der Waals surface area contributed by atoms with E-state index in [1.165, 1.54) is 0 Å². The molecular formula is C18H19N3O2. The standard InChI is InChI=1S/C18H19N3O2/c1-13-7-5-6-10-16(13)20-18(23)19-14-11-17(22)21(12-14)15-8-3-2-4-9-15/h2-10,14H,11-12H2,1H3,(H2,19,20,23). The van der Waals surface area contributed by atoms with Crippen LogP contribution in [0.25, 0.3) is 0 Å². The molecule has 0 bridgehead atoms. The van der Waals surface area contributed by atoms with Gasteiger partial charge in [0.25, 0.3) is 0 Å². The SMILES string of the molecule is Cc1ccccc1NC(=O)NC1CC(=O)N(c2ccccc2)C1. The summed E-state index contributed by atoms with van der Waals surface area (Å²) in [5.74, 6) is 0.0254. The van der Waals surface area contributed by atoms with Gasteiger partial charge in [0.2, 0.25) is 5.91 Å². The molecule has 2 aromatic rings. The van der Waals surface area contributed by atoms with Crippen molar-refractivity contribution in [3.8, 4) is 0 Å². The van der Waals surface area contributed by atoms with Gasteiger partial charge in [-0.15, -0.1) is 0 Å². The number of aryl methyl sites for hydroxylation is 1. The number of anilines is 2. The van der Waals surface area contributed by atoms with Crippen LogP contribution in [0, 0.1) is 6.92 Å². The number of amides is 3. The fraction of sp³-hybridized carbons (Fsp3) is 0.222. The van der Waals surface area contributed by atoms with Crippen LogP contribution in [0.1, 0.15) is 12.0 Å². The van der Waals surface area contributed by atoms with Crippen LogP contribution < -0.4 is 15.5 Å². The van der Waals surface area contributed by atoms with E-state index in [2.05, 4.69) is 10.6 Å². The van der Waals surface area contributed by atoms with E-state index in [1.807, 2.05) is 61.5 Å². The Morgan fingerprint density at radius 3 is 2.52 bits per heavy atom. The van der Waals surface area contributed by atoms with Crippen molar-refractivity contribution in [2.24, 2.45) is 0 Å². The first-order valence-corrected chi connectivity index (χ1v) is 7.62. The third-order valence-electron chi connectivity index (χ3n) is 3.92. The number of hydrogen-bond donors (Lipinski definition) is 2. The lowest BCUT2D eigenvalue weighted by Crippen LogP contribution is -2.39. The van der Waals surface area contributed by atoms with Gasteiger partial charge in [-0.05, 0) is 30.7 Å². The Bertz CT molecular complexity index is 715. The van der Waals surface area contributed by atoms with Crippen LogP contribution in [0.15, 0.2) is 54.6 Å². The molecule has 0 aromatic heterocycles. The zero-order chi connectivity index (χ0) is 16.2. The largest absolute Gasteiger partial charge is 0.333 e. The first-order valence-electron chi connectivity index (χ1n) is 7.62.